The monoisotopic (exact) mass is 769 g/mol. The Labute approximate surface area is 296 Å². The van der Waals surface area contributed by atoms with E-state index < -0.39 is 17.6 Å². The molecule has 9 nitrogen and oxygen atoms in total. The summed E-state index contributed by atoms with van der Waals surface area (Å²) in [6.45, 7) is 1.24. The first-order chi connectivity index (χ1) is 24.1. The molecule has 0 amide bonds. The van der Waals surface area contributed by atoms with E-state index >= 15 is 0 Å². The van der Waals surface area contributed by atoms with Crippen LogP contribution in [0.25, 0.3) is 11.2 Å². The van der Waals surface area contributed by atoms with E-state index in [0.717, 1.165) is 25.8 Å². The third-order valence-corrected chi connectivity index (χ3v) is 9.40. The number of hydrogen-bond donors (Lipinski definition) is 1. The number of nitrogens with two attached hydrogens (primary N) is 1. The Bertz CT molecular complexity index is 1960. The van der Waals surface area contributed by atoms with E-state index in [1.807, 2.05) is 83.4 Å². The van der Waals surface area contributed by atoms with Gasteiger partial charge in [0.15, 0.2) is 17.0 Å². The van der Waals surface area contributed by atoms with Crippen molar-refractivity contribution in [3.8, 4) is 0 Å². The van der Waals surface area contributed by atoms with Gasteiger partial charge >= 0.3 is 6.08 Å². The van der Waals surface area contributed by atoms with Crippen molar-refractivity contribution < 1.29 is 23.3 Å². The predicted molar refractivity (Wildman–Crippen MR) is 192 cm³/mol. The molecule has 3 heterocycles. The van der Waals surface area contributed by atoms with E-state index in [9.17, 15) is 4.39 Å². The summed E-state index contributed by atoms with van der Waals surface area (Å²) in [5, 5.41) is 0. The van der Waals surface area contributed by atoms with Gasteiger partial charge in [0.05, 0.1) is 19.8 Å². The molecule has 0 fully saturated rings. The number of nitrogen functional groups attached to an aromatic ring is 1. The van der Waals surface area contributed by atoms with Crippen LogP contribution in [-0.2, 0) is 31.1 Å². The van der Waals surface area contributed by atoms with Crippen LogP contribution in [0.2, 0.25) is 0 Å². The Morgan fingerprint density at radius 3 is 2.00 bits per heavy atom. The number of hydrogen-bond acceptors (Lipinski definition) is 8. The summed E-state index contributed by atoms with van der Waals surface area (Å²) in [6.07, 6.45) is 0.649. The highest BCUT2D eigenvalue weighted by Crippen LogP contribution is 2.41. The summed E-state index contributed by atoms with van der Waals surface area (Å²) in [6, 6.07) is 38.5. The van der Waals surface area contributed by atoms with E-state index in [1.165, 1.54) is 0 Å². The van der Waals surface area contributed by atoms with E-state index in [4.69, 9.17) is 29.7 Å². The van der Waals surface area contributed by atoms with Gasteiger partial charge in [-0.05, 0) is 50.9 Å². The van der Waals surface area contributed by atoms with E-state index in [2.05, 4.69) is 69.0 Å². The standard InChI is InChI=1S/C38H33FIN5O4/c39-37-43-34(41)33-36(44-37)45(35(42-33)32(31-24-47-25-48-31)29-18-10-11-19-30(29)40)20-21-46-22-23-49-38(26-12-4-1-5-13-26,27-14-6-2-7-15-27)28-16-8-3-9-17-28/h1-19,24,32H,20-23,25H2,(H2,41,43,44). The van der Waals surface area contributed by atoms with Crippen LogP contribution in [0.1, 0.15) is 34.0 Å². The molecular formula is C38H33FIN5O4. The largest absolute Gasteiger partial charge is 0.462 e. The first-order valence-electron chi connectivity index (χ1n) is 15.8. The van der Waals surface area contributed by atoms with Crippen molar-refractivity contribution in [1.29, 1.82) is 0 Å². The fraction of sp³-hybridized carbons (Fsp3) is 0.184. The Morgan fingerprint density at radius 1 is 0.796 bits per heavy atom. The second-order valence-electron chi connectivity index (χ2n) is 11.3. The van der Waals surface area contributed by atoms with Gasteiger partial charge in [-0.2, -0.15) is 14.4 Å². The molecule has 1 aliphatic rings. The Hall–Kier alpha value is -4.85. The van der Waals surface area contributed by atoms with Gasteiger partial charge < -0.3 is 29.2 Å². The van der Waals surface area contributed by atoms with Crippen LogP contribution in [0.15, 0.2) is 127 Å². The SMILES string of the molecule is Nc1nc(F)nc2c1nc(C(C1=COCO1)c1ccccc1I)n2CCOCCOC(c1ccccc1)(c1ccccc1)c1ccccc1. The summed E-state index contributed by atoms with van der Waals surface area (Å²) in [5.41, 5.74) is 9.84. The van der Waals surface area contributed by atoms with Crippen molar-refractivity contribution >= 4 is 39.6 Å². The number of allylic oxidation sites excluding steroid dienone is 1. The molecule has 0 aliphatic carbocycles. The van der Waals surface area contributed by atoms with Crippen LogP contribution in [0.4, 0.5) is 10.2 Å². The molecule has 4 aromatic carbocycles. The minimum absolute atomic E-state index is 0.0463. The number of nitrogens with zero attached hydrogens (tertiary/aromatic N) is 4. The minimum Gasteiger partial charge on any atom is -0.462 e. The topological polar surface area (TPSA) is 107 Å². The van der Waals surface area contributed by atoms with Crippen LogP contribution in [-0.4, -0.2) is 46.1 Å². The zero-order valence-electron chi connectivity index (χ0n) is 26.4. The van der Waals surface area contributed by atoms with Gasteiger partial charge in [0, 0.05) is 10.1 Å². The highest BCUT2D eigenvalue weighted by atomic mass is 127. The summed E-state index contributed by atoms with van der Waals surface area (Å²) in [4.78, 5) is 12.7. The van der Waals surface area contributed by atoms with Gasteiger partial charge in [0.25, 0.3) is 0 Å². The van der Waals surface area contributed by atoms with Crippen LogP contribution in [0.5, 0.6) is 0 Å². The molecule has 248 valence electrons. The molecule has 7 rings (SSSR count). The maximum atomic E-state index is 14.5. The fourth-order valence-corrected chi connectivity index (χ4v) is 6.96. The van der Waals surface area contributed by atoms with Crippen molar-refractivity contribution in [2.75, 3.05) is 32.3 Å². The third-order valence-electron chi connectivity index (χ3n) is 8.42. The number of rotatable bonds is 13. The van der Waals surface area contributed by atoms with Gasteiger partial charge in [-0.3, -0.25) is 0 Å². The van der Waals surface area contributed by atoms with Crippen molar-refractivity contribution in [2.45, 2.75) is 18.1 Å². The maximum absolute atomic E-state index is 14.5. The van der Waals surface area contributed by atoms with Gasteiger partial charge in [-0.1, -0.05) is 109 Å². The molecule has 11 heteroatoms. The highest BCUT2D eigenvalue weighted by Gasteiger charge is 2.37. The van der Waals surface area contributed by atoms with E-state index in [1.54, 1.807) is 6.26 Å². The number of halogens is 2. The van der Waals surface area contributed by atoms with Gasteiger partial charge in [0.1, 0.15) is 29.4 Å². The summed E-state index contributed by atoms with van der Waals surface area (Å²) >= 11 is 2.28. The lowest BCUT2D eigenvalue weighted by atomic mass is 9.80. The fourth-order valence-electron chi connectivity index (χ4n) is 6.26. The molecule has 2 N–H and O–H groups in total. The lowest BCUT2D eigenvalue weighted by Gasteiger charge is -2.36. The number of benzene rings is 4. The first-order valence-corrected chi connectivity index (χ1v) is 16.9. The number of anilines is 1. The van der Waals surface area contributed by atoms with Gasteiger partial charge in [-0.25, -0.2) is 4.98 Å². The predicted octanol–water partition coefficient (Wildman–Crippen LogP) is 7.16. The van der Waals surface area contributed by atoms with Crippen LogP contribution < -0.4 is 5.73 Å². The molecule has 1 atom stereocenters. The number of aromatic nitrogens is 4. The lowest BCUT2D eigenvalue weighted by molar-refractivity contribution is -0.0247. The van der Waals surface area contributed by atoms with E-state index in [-0.39, 0.29) is 24.9 Å². The average Bonchev–Trinajstić information content (AvgIpc) is 3.79. The Balaban J connectivity index is 1.16. The van der Waals surface area contributed by atoms with E-state index in [0.29, 0.717) is 36.9 Å². The molecule has 0 radical (unpaired) electrons. The normalized spacial score (nSPS) is 13.6. The molecular weight excluding hydrogens is 736 g/mol. The Morgan fingerprint density at radius 2 is 1.41 bits per heavy atom. The molecule has 0 spiro atoms. The zero-order valence-corrected chi connectivity index (χ0v) is 28.6. The molecule has 0 saturated carbocycles. The number of fused-ring (bicyclic) bond motifs is 1. The Kier molecular flexibility index (Phi) is 9.82. The second kappa shape index (κ2) is 14.7. The number of imidazole rings is 1. The lowest BCUT2D eigenvalue weighted by Crippen LogP contribution is -2.34. The minimum atomic E-state index is -0.934. The van der Waals surface area contributed by atoms with Crippen molar-refractivity contribution in [3.05, 3.63) is 165 Å². The van der Waals surface area contributed by atoms with Crippen molar-refractivity contribution in [2.24, 2.45) is 0 Å². The summed E-state index contributed by atoms with van der Waals surface area (Å²) in [5.74, 6) is 0.605. The second-order valence-corrected chi connectivity index (χ2v) is 12.5. The van der Waals surface area contributed by atoms with Gasteiger partial charge in [0.2, 0.25) is 6.79 Å². The average molecular weight is 770 g/mol. The molecule has 1 unspecified atom stereocenters. The third kappa shape index (κ3) is 6.61. The zero-order chi connectivity index (χ0) is 33.6. The molecule has 6 aromatic rings. The van der Waals surface area contributed by atoms with Gasteiger partial charge in [-0.15, -0.1) is 0 Å². The number of ether oxygens (including phenoxy) is 4. The highest BCUT2D eigenvalue weighted by molar-refractivity contribution is 14.1. The first kappa shape index (κ1) is 32.7. The smallest absolute Gasteiger partial charge is 0.312 e. The molecule has 49 heavy (non-hydrogen) atoms. The summed E-state index contributed by atoms with van der Waals surface area (Å²) < 4.78 is 41.7. The molecule has 0 saturated heterocycles. The van der Waals surface area contributed by atoms with Crippen LogP contribution in [0.3, 0.4) is 0 Å². The molecule has 2 aromatic heterocycles. The van der Waals surface area contributed by atoms with Crippen LogP contribution in [0, 0.1) is 9.65 Å². The van der Waals surface area contributed by atoms with Crippen molar-refractivity contribution in [3.63, 3.8) is 0 Å². The van der Waals surface area contributed by atoms with Crippen molar-refractivity contribution in [1.82, 2.24) is 19.5 Å². The maximum Gasteiger partial charge on any atom is 0.312 e. The molecule has 1 aliphatic heterocycles. The molecule has 0 bridgehead atoms. The summed E-state index contributed by atoms with van der Waals surface area (Å²) in [7, 11) is 0. The quantitative estimate of drug-likeness (QED) is 0.0572. The van der Waals surface area contributed by atoms with Crippen LogP contribution >= 0.6 is 22.6 Å².